The van der Waals surface area contributed by atoms with Crippen molar-refractivity contribution in [3.63, 3.8) is 0 Å². The molecule has 1 heterocycles. The lowest BCUT2D eigenvalue weighted by Crippen LogP contribution is -2.37. The van der Waals surface area contributed by atoms with E-state index in [9.17, 15) is 0 Å². The largest absolute Gasteiger partial charge is 0.316 e. The first-order chi connectivity index (χ1) is 10.3. The highest BCUT2D eigenvalue weighted by molar-refractivity contribution is 9.10. The molecule has 0 spiro atoms. The molecule has 3 unspecified atom stereocenters. The second-order valence-electron chi connectivity index (χ2n) is 6.01. The molecule has 1 fully saturated rings. The molecule has 21 heavy (non-hydrogen) atoms. The van der Waals surface area contributed by atoms with Crippen molar-refractivity contribution in [1.82, 2.24) is 5.32 Å². The van der Waals surface area contributed by atoms with Crippen molar-refractivity contribution in [3.05, 3.63) is 70.2 Å². The van der Waals surface area contributed by atoms with Gasteiger partial charge in [0.05, 0.1) is 0 Å². The molecular formula is C19H22BrN. The molecule has 1 saturated heterocycles. The SMILES string of the molecule is CC(c1ccccc1)C1CCNCC1c1ccc(Br)cc1. The third-order valence-electron chi connectivity index (χ3n) is 4.80. The molecule has 1 aliphatic rings. The number of piperidine rings is 1. The fourth-order valence-electron chi connectivity index (χ4n) is 3.56. The zero-order valence-corrected chi connectivity index (χ0v) is 14.0. The van der Waals surface area contributed by atoms with Crippen LogP contribution in [-0.2, 0) is 0 Å². The maximum absolute atomic E-state index is 3.57. The van der Waals surface area contributed by atoms with Crippen LogP contribution in [0.3, 0.4) is 0 Å². The molecular weight excluding hydrogens is 322 g/mol. The Balaban J connectivity index is 1.86. The van der Waals surface area contributed by atoms with E-state index in [1.807, 2.05) is 0 Å². The Morgan fingerprint density at radius 1 is 1.05 bits per heavy atom. The summed E-state index contributed by atoms with van der Waals surface area (Å²) in [5.41, 5.74) is 2.92. The highest BCUT2D eigenvalue weighted by atomic mass is 79.9. The summed E-state index contributed by atoms with van der Waals surface area (Å²) in [6, 6.07) is 19.8. The predicted octanol–water partition coefficient (Wildman–Crippen LogP) is 4.95. The van der Waals surface area contributed by atoms with Gasteiger partial charge < -0.3 is 5.32 Å². The smallest absolute Gasteiger partial charge is 0.0175 e. The maximum Gasteiger partial charge on any atom is 0.0175 e. The average molecular weight is 344 g/mol. The third kappa shape index (κ3) is 3.38. The van der Waals surface area contributed by atoms with Crippen LogP contribution in [0.4, 0.5) is 0 Å². The Hall–Kier alpha value is -1.12. The van der Waals surface area contributed by atoms with Gasteiger partial charge in [0.25, 0.3) is 0 Å². The summed E-state index contributed by atoms with van der Waals surface area (Å²) in [4.78, 5) is 0. The number of benzene rings is 2. The van der Waals surface area contributed by atoms with Crippen LogP contribution < -0.4 is 5.32 Å². The van der Waals surface area contributed by atoms with Crippen LogP contribution >= 0.6 is 15.9 Å². The van der Waals surface area contributed by atoms with Gasteiger partial charge in [0.15, 0.2) is 0 Å². The van der Waals surface area contributed by atoms with E-state index in [4.69, 9.17) is 0 Å². The first kappa shape index (κ1) is 14.8. The van der Waals surface area contributed by atoms with E-state index in [-0.39, 0.29) is 0 Å². The Labute approximate surface area is 135 Å². The van der Waals surface area contributed by atoms with Crippen molar-refractivity contribution in [2.24, 2.45) is 5.92 Å². The van der Waals surface area contributed by atoms with Crippen molar-refractivity contribution in [2.75, 3.05) is 13.1 Å². The summed E-state index contributed by atoms with van der Waals surface area (Å²) in [5.74, 6) is 1.90. The Morgan fingerprint density at radius 2 is 1.76 bits per heavy atom. The Bertz CT molecular complexity index is 564. The van der Waals surface area contributed by atoms with Crippen molar-refractivity contribution >= 4 is 15.9 Å². The van der Waals surface area contributed by atoms with Crippen molar-refractivity contribution < 1.29 is 0 Å². The summed E-state index contributed by atoms with van der Waals surface area (Å²) >= 11 is 3.53. The molecule has 0 radical (unpaired) electrons. The van der Waals surface area contributed by atoms with Gasteiger partial charge in [-0.2, -0.15) is 0 Å². The molecule has 0 aromatic heterocycles. The molecule has 0 aliphatic carbocycles. The minimum absolute atomic E-state index is 0.599. The van der Waals surface area contributed by atoms with Crippen LogP contribution in [0.2, 0.25) is 0 Å². The van der Waals surface area contributed by atoms with Gasteiger partial charge in [-0.15, -0.1) is 0 Å². The second kappa shape index (κ2) is 6.76. The van der Waals surface area contributed by atoms with Gasteiger partial charge in [-0.1, -0.05) is 65.3 Å². The second-order valence-corrected chi connectivity index (χ2v) is 6.93. The van der Waals surface area contributed by atoms with Crippen LogP contribution in [0.5, 0.6) is 0 Å². The van der Waals surface area contributed by atoms with Gasteiger partial charge in [-0.05, 0) is 54.0 Å². The molecule has 0 bridgehead atoms. The molecule has 2 heteroatoms. The van der Waals surface area contributed by atoms with Gasteiger partial charge in [-0.25, -0.2) is 0 Å². The number of nitrogens with one attached hydrogen (secondary N) is 1. The van der Waals surface area contributed by atoms with E-state index >= 15 is 0 Å². The lowest BCUT2D eigenvalue weighted by Gasteiger charge is -2.37. The minimum Gasteiger partial charge on any atom is -0.316 e. The van der Waals surface area contributed by atoms with Gasteiger partial charge in [0, 0.05) is 11.0 Å². The molecule has 2 aromatic rings. The van der Waals surface area contributed by atoms with Gasteiger partial charge in [-0.3, -0.25) is 0 Å². The van der Waals surface area contributed by atoms with Crippen LogP contribution in [-0.4, -0.2) is 13.1 Å². The van der Waals surface area contributed by atoms with Gasteiger partial charge in [0.1, 0.15) is 0 Å². The lowest BCUT2D eigenvalue weighted by atomic mass is 9.72. The van der Waals surface area contributed by atoms with Gasteiger partial charge in [0.2, 0.25) is 0 Å². The molecule has 1 N–H and O–H groups in total. The van der Waals surface area contributed by atoms with Crippen LogP contribution in [0.25, 0.3) is 0 Å². The summed E-state index contributed by atoms with van der Waals surface area (Å²) in [6.07, 6.45) is 1.25. The maximum atomic E-state index is 3.57. The average Bonchev–Trinajstić information content (AvgIpc) is 2.56. The van der Waals surface area contributed by atoms with Crippen molar-refractivity contribution in [1.29, 1.82) is 0 Å². The number of hydrogen-bond acceptors (Lipinski definition) is 1. The van der Waals surface area contributed by atoms with Crippen LogP contribution in [0.15, 0.2) is 59.1 Å². The lowest BCUT2D eigenvalue weighted by molar-refractivity contribution is 0.285. The molecule has 0 saturated carbocycles. The quantitative estimate of drug-likeness (QED) is 0.831. The normalized spacial score (nSPS) is 23.7. The first-order valence-corrected chi connectivity index (χ1v) is 8.56. The van der Waals surface area contributed by atoms with E-state index in [1.54, 1.807) is 0 Å². The molecule has 110 valence electrons. The standard InChI is InChI=1S/C19H22BrN/c1-14(15-5-3-2-4-6-15)18-11-12-21-13-19(18)16-7-9-17(20)10-8-16/h2-10,14,18-19,21H,11-13H2,1H3. The highest BCUT2D eigenvalue weighted by Gasteiger charge is 2.31. The molecule has 0 amide bonds. The van der Waals surface area contributed by atoms with Crippen LogP contribution in [0, 0.1) is 5.92 Å². The van der Waals surface area contributed by atoms with E-state index in [2.05, 4.69) is 82.8 Å². The molecule has 1 nitrogen and oxygen atoms in total. The number of rotatable bonds is 3. The Morgan fingerprint density at radius 3 is 2.48 bits per heavy atom. The van der Waals surface area contributed by atoms with E-state index in [0.717, 1.165) is 17.6 Å². The Kier molecular flexibility index (Phi) is 4.77. The minimum atomic E-state index is 0.599. The zero-order valence-electron chi connectivity index (χ0n) is 12.4. The van der Waals surface area contributed by atoms with Crippen molar-refractivity contribution in [2.45, 2.75) is 25.2 Å². The van der Waals surface area contributed by atoms with E-state index < -0.39 is 0 Å². The summed E-state index contributed by atoms with van der Waals surface area (Å²) < 4.78 is 1.16. The first-order valence-electron chi connectivity index (χ1n) is 7.77. The highest BCUT2D eigenvalue weighted by Crippen LogP contribution is 2.39. The summed E-state index contributed by atoms with van der Waals surface area (Å²) in [5, 5.41) is 3.57. The summed E-state index contributed by atoms with van der Waals surface area (Å²) in [6.45, 7) is 4.61. The van der Waals surface area contributed by atoms with E-state index in [1.165, 1.54) is 17.5 Å². The topological polar surface area (TPSA) is 12.0 Å². The van der Waals surface area contributed by atoms with Gasteiger partial charge >= 0.3 is 0 Å². The zero-order chi connectivity index (χ0) is 14.7. The third-order valence-corrected chi connectivity index (χ3v) is 5.33. The van der Waals surface area contributed by atoms with Crippen molar-refractivity contribution in [3.8, 4) is 0 Å². The predicted molar refractivity (Wildman–Crippen MR) is 92.7 cm³/mol. The molecule has 3 rings (SSSR count). The molecule has 1 aliphatic heterocycles. The number of hydrogen-bond donors (Lipinski definition) is 1. The van der Waals surface area contributed by atoms with Crippen LogP contribution in [0.1, 0.15) is 36.3 Å². The fraction of sp³-hybridized carbons (Fsp3) is 0.368. The summed E-state index contributed by atoms with van der Waals surface area (Å²) in [7, 11) is 0. The monoisotopic (exact) mass is 343 g/mol. The number of halogens is 1. The molecule has 3 atom stereocenters. The fourth-order valence-corrected chi connectivity index (χ4v) is 3.82. The molecule has 2 aromatic carbocycles. The van der Waals surface area contributed by atoms with E-state index in [0.29, 0.717) is 17.8 Å².